The van der Waals surface area contributed by atoms with Gasteiger partial charge in [-0.05, 0) is 26.0 Å². The van der Waals surface area contributed by atoms with Gasteiger partial charge >= 0.3 is 5.91 Å². The van der Waals surface area contributed by atoms with Crippen LogP contribution in [0.25, 0.3) is 10.9 Å². The lowest BCUT2D eigenvalue weighted by Gasteiger charge is -2.09. The van der Waals surface area contributed by atoms with Gasteiger partial charge in [-0.25, -0.2) is 10.4 Å². The molecular formula is C12H14N4O2. The van der Waals surface area contributed by atoms with Crippen LogP contribution in [0.1, 0.15) is 24.5 Å². The number of hydrogen-bond donors (Lipinski definition) is 3. The highest BCUT2D eigenvalue weighted by atomic mass is 16.2. The summed E-state index contributed by atoms with van der Waals surface area (Å²) in [4.78, 5) is 30.0. The van der Waals surface area contributed by atoms with Gasteiger partial charge in [0.2, 0.25) is 5.82 Å². The summed E-state index contributed by atoms with van der Waals surface area (Å²) in [6.45, 7) is 3.77. The van der Waals surface area contributed by atoms with E-state index < -0.39 is 5.91 Å². The zero-order valence-electron chi connectivity index (χ0n) is 10.2. The molecule has 0 radical (unpaired) electrons. The molecule has 94 valence electrons. The van der Waals surface area contributed by atoms with E-state index >= 15 is 0 Å². The lowest BCUT2D eigenvalue weighted by atomic mass is 10.2. The van der Waals surface area contributed by atoms with Gasteiger partial charge in [-0.1, -0.05) is 12.1 Å². The summed E-state index contributed by atoms with van der Waals surface area (Å²) in [7, 11) is 0. The first-order valence-electron chi connectivity index (χ1n) is 5.63. The van der Waals surface area contributed by atoms with Crippen molar-refractivity contribution in [2.45, 2.75) is 19.9 Å². The average Bonchev–Trinajstić information content (AvgIpc) is 2.36. The maximum atomic E-state index is 11.7. The van der Waals surface area contributed by atoms with Crippen molar-refractivity contribution >= 4 is 16.8 Å². The summed E-state index contributed by atoms with van der Waals surface area (Å²) >= 11 is 0. The summed E-state index contributed by atoms with van der Waals surface area (Å²) in [5.74, 6) is -0.474. The molecule has 2 aromatic rings. The number of carbonyl (C=O) groups is 1. The minimum Gasteiger partial charge on any atom is -0.302 e. The van der Waals surface area contributed by atoms with Crippen LogP contribution in [0.5, 0.6) is 0 Å². The molecule has 1 aromatic carbocycles. The Morgan fingerprint density at radius 3 is 2.78 bits per heavy atom. The van der Waals surface area contributed by atoms with E-state index in [2.05, 4.69) is 20.8 Å². The molecule has 0 unspecified atom stereocenters. The third kappa shape index (κ3) is 2.54. The zero-order chi connectivity index (χ0) is 13.1. The first-order chi connectivity index (χ1) is 8.58. The number of aromatic amines is 1. The van der Waals surface area contributed by atoms with Crippen LogP contribution in [-0.2, 0) is 0 Å². The van der Waals surface area contributed by atoms with Gasteiger partial charge in [-0.15, -0.1) is 0 Å². The Kier molecular flexibility index (Phi) is 3.38. The van der Waals surface area contributed by atoms with Crippen LogP contribution < -0.4 is 16.4 Å². The molecule has 1 aromatic heterocycles. The Morgan fingerprint density at radius 2 is 2.06 bits per heavy atom. The van der Waals surface area contributed by atoms with E-state index in [0.29, 0.717) is 10.9 Å². The fourth-order valence-corrected chi connectivity index (χ4v) is 1.46. The zero-order valence-corrected chi connectivity index (χ0v) is 10.2. The molecule has 0 saturated heterocycles. The van der Waals surface area contributed by atoms with Gasteiger partial charge in [0.15, 0.2) is 0 Å². The Balaban J connectivity index is 2.35. The third-order valence-electron chi connectivity index (χ3n) is 2.30. The predicted molar refractivity (Wildman–Crippen MR) is 68.1 cm³/mol. The van der Waals surface area contributed by atoms with Gasteiger partial charge in [-0.2, -0.15) is 0 Å². The molecule has 6 heteroatoms. The van der Waals surface area contributed by atoms with Crippen LogP contribution in [0.4, 0.5) is 0 Å². The van der Waals surface area contributed by atoms with Gasteiger partial charge in [0, 0.05) is 6.04 Å². The number of para-hydroxylation sites is 1. The minimum atomic E-state index is -0.466. The first-order valence-corrected chi connectivity index (χ1v) is 5.63. The molecular weight excluding hydrogens is 232 g/mol. The first kappa shape index (κ1) is 12.3. The Morgan fingerprint density at radius 1 is 1.33 bits per heavy atom. The predicted octanol–water partition coefficient (Wildman–Crippen LogP) is 0.566. The molecule has 0 saturated carbocycles. The van der Waals surface area contributed by atoms with Gasteiger partial charge < -0.3 is 4.98 Å². The van der Waals surface area contributed by atoms with Crippen LogP contribution in [-0.4, -0.2) is 21.9 Å². The number of hydrogen-bond acceptors (Lipinski definition) is 4. The molecule has 0 spiro atoms. The second kappa shape index (κ2) is 4.97. The molecule has 0 atom stereocenters. The second-order valence-corrected chi connectivity index (χ2v) is 4.18. The number of nitrogens with zero attached hydrogens (tertiary/aromatic N) is 1. The van der Waals surface area contributed by atoms with Crippen molar-refractivity contribution < 1.29 is 4.79 Å². The van der Waals surface area contributed by atoms with E-state index in [1.807, 2.05) is 13.8 Å². The lowest BCUT2D eigenvalue weighted by molar-refractivity contribution is 0.0917. The standard InChI is InChI=1S/C12H14N4O2/c1-7(2)15-16-12(18)10-13-9-6-4-3-5-8(9)11(17)14-10/h3-7,15H,1-2H3,(H,16,18)(H,13,14,17). The molecule has 18 heavy (non-hydrogen) atoms. The fraction of sp³-hybridized carbons (Fsp3) is 0.250. The molecule has 0 bridgehead atoms. The Hall–Kier alpha value is -2.21. The largest absolute Gasteiger partial charge is 0.302 e. The quantitative estimate of drug-likeness (QED) is 0.691. The number of aromatic nitrogens is 2. The van der Waals surface area contributed by atoms with Crippen molar-refractivity contribution in [3.8, 4) is 0 Å². The SMILES string of the molecule is CC(C)NNC(=O)c1nc2ccccc2c(=O)[nH]1. The lowest BCUT2D eigenvalue weighted by Crippen LogP contribution is -2.42. The fourth-order valence-electron chi connectivity index (χ4n) is 1.46. The van der Waals surface area contributed by atoms with E-state index in [9.17, 15) is 9.59 Å². The number of hydrazine groups is 1. The maximum absolute atomic E-state index is 11.7. The normalized spacial score (nSPS) is 10.8. The minimum absolute atomic E-state index is 0.00755. The molecule has 1 amide bonds. The number of benzene rings is 1. The molecule has 0 aliphatic heterocycles. The average molecular weight is 246 g/mol. The number of fused-ring (bicyclic) bond motifs is 1. The monoisotopic (exact) mass is 246 g/mol. The van der Waals surface area contributed by atoms with E-state index in [4.69, 9.17) is 0 Å². The number of nitrogens with one attached hydrogen (secondary N) is 3. The summed E-state index contributed by atoms with van der Waals surface area (Å²) < 4.78 is 0. The maximum Gasteiger partial charge on any atom is 0.301 e. The van der Waals surface area contributed by atoms with Crippen LogP contribution in [0.2, 0.25) is 0 Å². The number of amides is 1. The molecule has 6 nitrogen and oxygen atoms in total. The van der Waals surface area contributed by atoms with E-state index in [1.165, 1.54) is 0 Å². The highest BCUT2D eigenvalue weighted by molar-refractivity contribution is 5.92. The van der Waals surface area contributed by atoms with Crippen molar-refractivity contribution in [3.05, 3.63) is 40.4 Å². The van der Waals surface area contributed by atoms with E-state index in [0.717, 1.165) is 0 Å². The summed E-state index contributed by atoms with van der Waals surface area (Å²) in [6, 6.07) is 6.97. The van der Waals surface area contributed by atoms with Crippen molar-refractivity contribution in [3.63, 3.8) is 0 Å². The van der Waals surface area contributed by atoms with Crippen LogP contribution >= 0.6 is 0 Å². The Labute approximate surface area is 103 Å². The number of rotatable bonds is 3. The van der Waals surface area contributed by atoms with E-state index in [-0.39, 0.29) is 17.4 Å². The number of H-pyrrole nitrogens is 1. The second-order valence-electron chi connectivity index (χ2n) is 4.18. The summed E-state index contributed by atoms with van der Waals surface area (Å²) in [5, 5.41) is 0.464. The van der Waals surface area contributed by atoms with Gasteiger partial charge in [-0.3, -0.25) is 15.0 Å². The third-order valence-corrected chi connectivity index (χ3v) is 2.30. The topological polar surface area (TPSA) is 86.9 Å². The highest BCUT2D eigenvalue weighted by Gasteiger charge is 2.10. The van der Waals surface area contributed by atoms with Gasteiger partial charge in [0.25, 0.3) is 5.56 Å². The Bertz CT molecular complexity index is 633. The van der Waals surface area contributed by atoms with Gasteiger partial charge in [0.05, 0.1) is 10.9 Å². The smallest absolute Gasteiger partial charge is 0.301 e. The van der Waals surface area contributed by atoms with Crippen LogP contribution in [0.15, 0.2) is 29.1 Å². The highest BCUT2D eigenvalue weighted by Crippen LogP contribution is 2.05. The molecule has 3 N–H and O–H groups in total. The molecule has 0 aliphatic rings. The van der Waals surface area contributed by atoms with E-state index in [1.54, 1.807) is 24.3 Å². The van der Waals surface area contributed by atoms with Crippen molar-refractivity contribution in [1.29, 1.82) is 0 Å². The number of carbonyl (C=O) groups excluding carboxylic acids is 1. The van der Waals surface area contributed by atoms with Crippen LogP contribution in [0.3, 0.4) is 0 Å². The molecule has 2 rings (SSSR count). The van der Waals surface area contributed by atoms with Gasteiger partial charge in [0.1, 0.15) is 0 Å². The summed E-state index contributed by atoms with van der Waals surface area (Å²) in [5.41, 5.74) is 5.39. The van der Waals surface area contributed by atoms with Crippen molar-refractivity contribution in [2.24, 2.45) is 0 Å². The van der Waals surface area contributed by atoms with Crippen molar-refractivity contribution in [1.82, 2.24) is 20.8 Å². The summed E-state index contributed by atoms with van der Waals surface area (Å²) in [6.07, 6.45) is 0. The van der Waals surface area contributed by atoms with Crippen molar-refractivity contribution in [2.75, 3.05) is 0 Å². The molecule has 0 aliphatic carbocycles. The molecule has 0 fully saturated rings. The van der Waals surface area contributed by atoms with Crippen LogP contribution in [0, 0.1) is 0 Å². The molecule has 1 heterocycles.